The Morgan fingerprint density at radius 3 is 2.50 bits per heavy atom. The molecule has 1 atom stereocenters. The standard InChI is InChI=1S/C21H24N2O5/c1-3-26-16-8-10-17(11-9-16)27-13-12-22-20(24)14-23-18-6-4-5-7-19(18)28-15(2)21(23)25/h4-11,15H,3,12-14H2,1-2H3,(H,22,24). The van der Waals surface area contributed by atoms with Gasteiger partial charge in [0.15, 0.2) is 6.10 Å². The van der Waals surface area contributed by atoms with Crippen LogP contribution in [0.4, 0.5) is 5.69 Å². The van der Waals surface area contributed by atoms with Crippen molar-refractivity contribution in [3.63, 3.8) is 0 Å². The lowest BCUT2D eigenvalue weighted by Gasteiger charge is -2.32. The van der Waals surface area contributed by atoms with Crippen LogP contribution in [0.2, 0.25) is 0 Å². The van der Waals surface area contributed by atoms with Crippen molar-refractivity contribution in [2.24, 2.45) is 0 Å². The van der Waals surface area contributed by atoms with Gasteiger partial charge in [0.25, 0.3) is 5.91 Å². The number of nitrogens with zero attached hydrogens (tertiary/aromatic N) is 1. The topological polar surface area (TPSA) is 77.1 Å². The van der Waals surface area contributed by atoms with Gasteiger partial charge in [-0.2, -0.15) is 0 Å². The van der Waals surface area contributed by atoms with Crippen LogP contribution in [0.15, 0.2) is 48.5 Å². The van der Waals surface area contributed by atoms with Gasteiger partial charge < -0.3 is 19.5 Å². The van der Waals surface area contributed by atoms with Crippen LogP contribution >= 0.6 is 0 Å². The Bertz CT molecular complexity index is 822. The molecule has 0 bridgehead atoms. The first kappa shape index (κ1) is 19.5. The molecule has 148 valence electrons. The molecule has 28 heavy (non-hydrogen) atoms. The summed E-state index contributed by atoms with van der Waals surface area (Å²) < 4.78 is 16.6. The summed E-state index contributed by atoms with van der Waals surface area (Å²) in [6, 6.07) is 14.5. The minimum absolute atomic E-state index is 0.0629. The van der Waals surface area contributed by atoms with Crippen molar-refractivity contribution in [2.75, 3.05) is 31.2 Å². The van der Waals surface area contributed by atoms with Gasteiger partial charge in [-0.05, 0) is 50.2 Å². The molecular formula is C21H24N2O5. The van der Waals surface area contributed by atoms with Crippen LogP contribution in [0.3, 0.4) is 0 Å². The summed E-state index contributed by atoms with van der Waals surface area (Å²) in [5.74, 6) is 1.59. The zero-order valence-corrected chi connectivity index (χ0v) is 16.0. The molecule has 0 aliphatic carbocycles. The number of amides is 2. The summed E-state index contributed by atoms with van der Waals surface area (Å²) in [4.78, 5) is 26.1. The molecule has 0 saturated carbocycles. The summed E-state index contributed by atoms with van der Waals surface area (Å²) in [6.45, 7) is 4.81. The maximum atomic E-state index is 12.4. The number of ether oxygens (including phenoxy) is 3. The van der Waals surface area contributed by atoms with E-state index in [0.717, 1.165) is 5.75 Å². The van der Waals surface area contributed by atoms with E-state index in [1.54, 1.807) is 25.1 Å². The Kier molecular flexibility index (Phi) is 6.37. The zero-order valence-electron chi connectivity index (χ0n) is 16.0. The number of rotatable bonds is 8. The van der Waals surface area contributed by atoms with E-state index in [2.05, 4.69) is 5.32 Å². The predicted octanol–water partition coefficient (Wildman–Crippen LogP) is 2.39. The molecule has 1 aliphatic rings. The van der Waals surface area contributed by atoms with Crippen LogP contribution in [0.25, 0.3) is 0 Å². The first-order valence-corrected chi connectivity index (χ1v) is 9.28. The Hall–Kier alpha value is -3.22. The molecule has 1 heterocycles. The first-order chi connectivity index (χ1) is 13.6. The number of carbonyl (C=O) groups is 2. The molecule has 7 nitrogen and oxygen atoms in total. The molecule has 0 radical (unpaired) electrons. The third-order valence-corrected chi connectivity index (χ3v) is 4.20. The highest BCUT2D eigenvalue weighted by atomic mass is 16.5. The number of carbonyl (C=O) groups excluding carboxylic acids is 2. The van der Waals surface area contributed by atoms with Crippen molar-refractivity contribution in [1.29, 1.82) is 0 Å². The normalized spacial score (nSPS) is 15.4. The second kappa shape index (κ2) is 9.12. The van der Waals surface area contributed by atoms with E-state index < -0.39 is 6.10 Å². The van der Waals surface area contributed by atoms with Gasteiger partial charge in [0.2, 0.25) is 5.91 Å². The quantitative estimate of drug-likeness (QED) is 0.707. The average molecular weight is 384 g/mol. The molecule has 2 aromatic rings. The Morgan fingerprint density at radius 1 is 1.11 bits per heavy atom. The Balaban J connectivity index is 1.47. The fourth-order valence-corrected chi connectivity index (χ4v) is 2.88. The van der Waals surface area contributed by atoms with Gasteiger partial charge in [0.05, 0.1) is 18.8 Å². The smallest absolute Gasteiger partial charge is 0.268 e. The van der Waals surface area contributed by atoms with E-state index in [1.807, 2.05) is 37.3 Å². The summed E-state index contributed by atoms with van der Waals surface area (Å²) in [5, 5.41) is 2.77. The number of benzene rings is 2. The zero-order chi connectivity index (χ0) is 19.9. The summed E-state index contributed by atoms with van der Waals surface area (Å²) >= 11 is 0. The van der Waals surface area contributed by atoms with Crippen LogP contribution in [-0.2, 0) is 9.59 Å². The molecule has 0 spiro atoms. The van der Waals surface area contributed by atoms with Crippen LogP contribution in [-0.4, -0.2) is 44.2 Å². The molecule has 2 amide bonds. The lowest BCUT2D eigenvalue weighted by molar-refractivity contribution is -0.128. The fourth-order valence-electron chi connectivity index (χ4n) is 2.88. The van der Waals surface area contributed by atoms with E-state index in [1.165, 1.54) is 4.90 Å². The second-order valence-electron chi connectivity index (χ2n) is 6.26. The van der Waals surface area contributed by atoms with Gasteiger partial charge in [-0.3, -0.25) is 14.5 Å². The Labute approximate surface area is 164 Å². The van der Waals surface area contributed by atoms with Crippen LogP contribution in [0, 0.1) is 0 Å². The molecule has 0 fully saturated rings. The van der Waals surface area contributed by atoms with Crippen molar-refractivity contribution in [1.82, 2.24) is 5.32 Å². The van der Waals surface area contributed by atoms with E-state index in [-0.39, 0.29) is 18.4 Å². The first-order valence-electron chi connectivity index (χ1n) is 9.28. The molecule has 0 aromatic heterocycles. The minimum Gasteiger partial charge on any atom is -0.494 e. The highest BCUT2D eigenvalue weighted by molar-refractivity contribution is 6.03. The third-order valence-electron chi connectivity index (χ3n) is 4.20. The molecular weight excluding hydrogens is 360 g/mol. The van der Waals surface area contributed by atoms with E-state index in [9.17, 15) is 9.59 Å². The number of fused-ring (bicyclic) bond motifs is 1. The van der Waals surface area contributed by atoms with Crippen LogP contribution < -0.4 is 24.4 Å². The molecule has 1 aliphatic heterocycles. The SMILES string of the molecule is CCOc1ccc(OCCNC(=O)CN2C(=O)C(C)Oc3ccccc32)cc1. The van der Waals surface area contributed by atoms with Gasteiger partial charge in [0.1, 0.15) is 30.4 Å². The highest BCUT2D eigenvalue weighted by Gasteiger charge is 2.32. The van der Waals surface area contributed by atoms with Crippen LogP contribution in [0.1, 0.15) is 13.8 Å². The fraction of sp³-hybridized carbons (Fsp3) is 0.333. The predicted molar refractivity (Wildman–Crippen MR) is 105 cm³/mol. The molecule has 7 heteroatoms. The van der Waals surface area contributed by atoms with Crippen molar-refractivity contribution in [3.05, 3.63) is 48.5 Å². The molecule has 1 N–H and O–H groups in total. The number of hydrogen-bond donors (Lipinski definition) is 1. The number of para-hydroxylation sites is 2. The Morgan fingerprint density at radius 2 is 1.79 bits per heavy atom. The van der Waals surface area contributed by atoms with Crippen molar-refractivity contribution < 1.29 is 23.8 Å². The lowest BCUT2D eigenvalue weighted by atomic mass is 10.2. The van der Waals surface area contributed by atoms with E-state index >= 15 is 0 Å². The second-order valence-corrected chi connectivity index (χ2v) is 6.26. The molecule has 1 unspecified atom stereocenters. The summed E-state index contributed by atoms with van der Waals surface area (Å²) in [7, 11) is 0. The van der Waals surface area contributed by atoms with Gasteiger partial charge in [-0.1, -0.05) is 12.1 Å². The maximum Gasteiger partial charge on any atom is 0.268 e. The minimum atomic E-state index is -0.620. The summed E-state index contributed by atoms with van der Waals surface area (Å²) in [6.07, 6.45) is -0.620. The molecule has 2 aromatic carbocycles. The van der Waals surface area contributed by atoms with Gasteiger partial charge >= 0.3 is 0 Å². The maximum absolute atomic E-state index is 12.4. The highest BCUT2D eigenvalue weighted by Crippen LogP contribution is 2.33. The third kappa shape index (κ3) is 4.73. The molecule has 3 rings (SSSR count). The van der Waals surface area contributed by atoms with Crippen molar-refractivity contribution in [2.45, 2.75) is 20.0 Å². The van der Waals surface area contributed by atoms with Gasteiger partial charge in [0, 0.05) is 0 Å². The van der Waals surface area contributed by atoms with Crippen molar-refractivity contribution >= 4 is 17.5 Å². The van der Waals surface area contributed by atoms with E-state index in [4.69, 9.17) is 14.2 Å². The number of anilines is 1. The molecule has 0 saturated heterocycles. The number of hydrogen-bond acceptors (Lipinski definition) is 5. The van der Waals surface area contributed by atoms with Gasteiger partial charge in [-0.25, -0.2) is 0 Å². The lowest BCUT2D eigenvalue weighted by Crippen LogP contribution is -2.49. The largest absolute Gasteiger partial charge is 0.494 e. The summed E-state index contributed by atoms with van der Waals surface area (Å²) in [5.41, 5.74) is 0.603. The van der Waals surface area contributed by atoms with Crippen molar-refractivity contribution in [3.8, 4) is 17.2 Å². The van der Waals surface area contributed by atoms with E-state index in [0.29, 0.717) is 36.9 Å². The number of nitrogens with one attached hydrogen (secondary N) is 1. The van der Waals surface area contributed by atoms with Gasteiger partial charge in [-0.15, -0.1) is 0 Å². The monoisotopic (exact) mass is 384 g/mol. The average Bonchev–Trinajstić information content (AvgIpc) is 2.70. The van der Waals surface area contributed by atoms with Crippen LogP contribution in [0.5, 0.6) is 17.2 Å².